The maximum atomic E-state index is 10.8. The molecule has 0 radical (unpaired) electrons. The maximum Gasteiger partial charge on any atom is 0.411 e. The summed E-state index contributed by atoms with van der Waals surface area (Å²) in [6, 6.07) is 0. The van der Waals surface area contributed by atoms with Gasteiger partial charge in [-0.1, -0.05) is 15.9 Å². The van der Waals surface area contributed by atoms with Crippen molar-refractivity contribution in [2.45, 2.75) is 26.4 Å². The van der Waals surface area contributed by atoms with Crippen LogP contribution in [0.5, 0.6) is 0 Å². The van der Waals surface area contributed by atoms with Gasteiger partial charge in [-0.05, 0) is 25.8 Å². The first-order valence-corrected chi connectivity index (χ1v) is 4.12. The molecule has 0 spiro atoms. The molecule has 0 rings (SSSR count). The van der Waals surface area contributed by atoms with Crippen molar-refractivity contribution in [1.29, 1.82) is 0 Å². The largest absolute Gasteiger partial charge is 0.444 e. The van der Waals surface area contributed by atoms with E-state index < -0.39 is 11.7 Å². The van der Waals surface area contributed by atoms with Crippen LogP contribution in [0, 0.1) is 0 Å². The van der Waals surface area contributed by atoms with Crippen molar-refractivity contribution < 1.29 is 9.53 Å². The minimum Gasteiger partial charge on any atom is -0.444 e. The quantitative estimate of drug-likeness (QED) is 0.739. The molecule has 0 aliphatic carbocycles. The fourth-order valence-corrected chi connectivity index (χ4v) is 0.539. The van der Waals surface area contributed by atoms with Crippen molar-refractivity contribution in [3.05, 3.63) is 11.2 Å². The summed E-state index contributed by atoms with van der Waals surface area (Å²) in [5, 5.41) is 2.40. The molecule has 0 aromatic carbocycles. The molecule has 0 aliphatic heterocycles. The molecule has 0 heterocycles. The van der Waals surface area contributed by atoms with Gasteiger partial charge in [0.2, 0.25) is 0 Å². The molecule has 0 unspecified atom stereocenters. The molecular formula is C7H12BrNO2. The van der Waals surface area contributed by atoms with Gasteiger partial charge in [0.25, 0.3) is 0 Å². The summed E-state index contributed by atoms with van der Waals surface area (Å²) in [6.45, 7) is 5.43. The summed E-state index contributed by atoms with van der Waals surface area (Å²) < 4.78 is 4.92. The number of carbonyl (C=O) groups excluding carboxylic acids is 1. The number of hydrogen-bond donors (Lipinski definition) is 1. The standard InChI is InChI=1S/C7H12BrNO2/c1-7(2,3)11-6(10)9-5-4-8/h4-5H,1-3H3,(H,9,10). The third-order valence-electron chi connectivity index (χ3n) is 0.663. The Labute approximate surface area is 74.9 Å². The zero-order valence-electron chi connectivity index (χ0n) is 6.85. The molecule has 64 valence electrons. The zero-order chi connectivity index (χ0) is 8.91. The number of halogens is 1. The summed E-state index contributed by atoms with van der Waals surface area (Å²) >= 11 is 3.01. The number of carbonyl (C=O) groups is 1. The van der Waals surface area contributed by atoms with E-state index in [0.29, 0.717) is 0 Å². The SMILES string of the molecule is CC(C)(C)OC(=O)NC=CBr. The third kappa shape index (κ3) is 7.39. The van der Waals surface area contributed by atoms with Crippen LogP contribution in [0.1, 0.15) is 20.8 Å². The molecule has 0 aliphatic rings. The van der Waals surface area contributed by atoms with Crippen LogP contribution in [0.4, 0.5) is 4.79 Å². The third-order valence-corrected chi connectivity index (χ3v) is 0.927. The van der Waals surface area contributed by atoms with Crippen molar-refractivity contribution in [3.8, 4) is 0 Å². The Bertz CT molecular complexity index is 160. The van der Waals surface area contributed by atoms with Crippen molar-refractivity contribution in [2.24, 2.45) is 0 Å². The average Bonchev–Trinajstić information content (AvgIpc) is 1.79. The monoisotopic (exact) mass is 221 g/mol. The lowest BCUT2D eigenvalue weighted by atomic mass is 10.2. The molecule has 0 atom stereocenters. The second-order valence-electron chi connectivity index (χ2n) is 2.94. The molecule has 4 heteroatoms. The van der Waals surface area contributed by atoms with Gasteiger partial charge < -0.3 is 4.74 Å². The first-order chi connectivity index (χ1) is 4.95. The highest BCUT2D eigenvalue weighted by Gasteiger charge is 2.14. The van der Waals surface area contributed by atoms with Crippen molar-refractivity contribution in [2.75, 3.05) is 0 Å². The van der Waals surface area contributed by atoms with Crippen LogP contribution < -0.4 is 5.32 Å². The van der Waals surface area contributed by atoms with E-state index in [1.807, 2.05) is 20.8 Å². The molecule has 0 fully saturated rings. The average molecular weight is 222 g/mol. The molecule has 3 nitrogen and oxygen atoms in total. The number of amides is 1. The Hall–Kier alpha value is -0.510. The summed E-state index contributed by atoms with van der Waals surface area (Å²) in [5.74, 6) is 0. The molecule has 0 aromatic heterocycles. The Morgan fingerprint density at radius 2 is 2.09 bits per heavy atom. The summed E-state index contributed by atoms with van der Waals surface area (Å²) in [4.78, 5) is 12.4. The summed E-state index contributed by atoms with van der Waals surface area (Å²) in [7, 11) is 0. The van der Waals surface area contributed by atoms with Crippen LogP contribution in [-0.2, 0) is 4.74 Å². The van der Waals surface area contributed by atoms with Gasteiger partial charge >= 0.3 is 6.09 Å². The van der Waals surface area contributed by atoms with E-state index >= 15 is 0 Å². The highest BCUT2D eigenvalue weighted by molar-refractivity contribution is 9.11. The molecule has 0 saturated heterocycles. The van der Waals surface area contributed by atoms with Crippen LogP contribution in [0.2, 0.25) is 0 Å². The molecule has 0 saturated carbocycles. The van der Waals surface area contributed by atoms with E-state index in [1.165, 1.54) is 11.2 Å². The van der Waals surface area contributed by atoms with Crippen LogP contribution >= 0.6 is 15.9 Å². The van der Waals surface area contributed by atoms with E-state index in [-0.39, 0.29) is 0 Å². The highest BCUT2D eigenvalue weighted by Crippen LogP contribution is 2.06. The predicted octanol–water partition coefficient (Wildman–Crippen LogP) is 2.38. The lowest BCUT2D eigenvalue weighted by molar-refractivity contribution is 0.0552. The van der Waals surface area contributed by atoms with Gasteiger partial charge in [-0.2, -0.15) is 0 Å². The fraction of sp³-hybridized carbons (Fsp3) is 0.571. The van der Waals surface area contributed by atoms with Gasteiger partial charge in [-0.15, -0.1) is 0 Å². The van der Waals surface area contributed by atoms with E-state index in [4.69, 9.17) is 4.74 Å². The molecule has 0 aromatic rings. The van der Waals surface area contributed by atoms with E-state index in [0.717, 1.165) is 0 Å². The number of ether oxygens (including phenoxy) is 1. The lowest BCUT2D eigenvalue weighted by Crippen LogP contribution is -2.29. The Kier molecular flexibility index (Phi) is 4.18. The van der Waals surface area contributed by atoms with Gasteiger partial charge in [0.1, 0.15) is 5.60 Å². The zero-order valence-corrected chi connectivity index (χ0v) is 8.44. The van der Waals surface area contributed by atoms with Crippen LogP contribution in [0.15, 0.2) is 11.2 Å². The first-order valence-electron chi connectivity index (χ1n) is 3.20. The van der Waals surface area contributed by atoms with Gasteiger partial charge in [-0.25, -0.2) is 4.79 Å². The van der Waals surface area contributed by atoms with Crippen LogP contribution in [0.3, 0.4) is 0 Å². The molecule has 11 heavy (non-hydrogen) atoms. The summed E-state index contributed by atoms with van der Waals surface area (Å²) in [5.41, 5.74) is -0.440. The minimum atomic E-state index is -0.451. The molecule has 1 amide bonds. The van der Waals surface area contributed by atoms with Gasteiger partial charge in [0, 0.05) is 6.20 Å². The van der Waals surface area contributed by atoms with Gasteiger partial charge in [-0.3, -0.25) is 5.32 Å². The molecule has 0 bridgehead atoms. The number of rotatable bonds is 1. The number of hydrogen-bond acceptors (Lipinski definition) is 2. The number of nitrogens with one attached hydrogen (secondary N) is 1. The Morgan fingerprint density at radius 3 is 2.45 bits per heavy atom. The molecular weight excluding hydrogens is 210 g/mol. The van der Waals surface area contributed by atoms with Crippen LogP contribution in [0.25, 0.3) is 0 Å². The first kappa shape index (κ1) is 10.5. The highest BCUT2D eigenvalue weighted by atomic mass is 79.9. The van der Waals surface area contributed by atoms with Crippen molar-refractivity contribution in [1.82, 2.24) is 5.32 Å². The summed E-state index contributed by atoms with van der Waals surface area (Å²) in [6.07, 6.45) is 1.00. The topological polar surface area (TPSA) is 38.3 Å². The van der Waals surface area contributed by atoms with E-state index in [1.54, 1.807) is 0 Å². The number of alkyl carbamates (subject to hydrolysis) is 1. The normalized spacial score (nSPS) is 11.6. The van der Waals surface area contributed by atoms with Gasteiger partial charge in [0.05, 0.1) is 0 Å². The minimum absolute atomic E-state index is 0.440. The Balaban J connectivity index is 3.70. The fourth-order valence-electron chi connectivity index (χ4n) is 0.407. The second-order valence-corrected chi connectivity index (χ2v) is 3.47. The predicted molar refractivity (Wildman–Crippen MR) is 47.4 cm³/mol. The molecule has 1 N–H and O–H groups in total. The lowest BCUT2D eigenvalue weighted by Gasteiger charge is -2.18. The van der Waals surface area contributed by atoms with E-state index in [9.17, 15) is 4.79 Å². The smallest absolute Gasteiger partial charge is 0.411 e. The van der Waals surface area contributed by atoms with Gasteiger partial charge in [0.15, 0.2) is 0 Å². The van der Waals surface area contributed by atoms with E-state index in [2.05, 4.69) is 21.2 Å². The van der Waals surface area contributed by atoms with Crippen LogP contribution in [-0.4, -0.2) is 11.7 Å². The van der Waals surface area contributed by atoms with Crippen molar-refractivity contribution in [3.63, 3.8) is 0 Å². The maximum absolute atomic E-state index is 10.8. The second kappa shape index (κ2) is 4.38. The Morgan fingerprint density at radius 1 is 1.55 bits per heavy atom. The van der Waals surface area contributed by atoms with Crippen molar-refractivity contribution >= 4 is 22.0 Å².